The molecule has 0 aliphatic rings. The van der Waals surface area contributed by atoms with E-state index in [2.05, 4.69) is 0 Å². The van der Waals surface area contributed by atoms with Crippen LogP contribution in [0.4, 0.5) is 0 Å². The molecule has 1 aromatic carbocycles. The molecule has 1 aromatic rings. The molecule has 0 amide bonds. The van der Waals surface area contributed by atoms with Gasteiger partial charge in [-0.1, -0.05) is 5.57 Å². The van der Waals surface area contributed by atoms with Crippen LogP contribution < -0.4 is 4.74 Å². The van der Waals surface area contributed by atoms with Crippen LogP contribution in [0.1, 0.15) is 25.0 Å². The van der Waals surface area contributed by atoms with Crippen molar-refractivity contribution in [2.75, 3.05) is 6.61 Å². The van der Waals surface area contributed by atoms with Crippen molar-refractivity contribution in [2.24, 2.45) is 0 Å². The number of ether oxygens (including phenoxy) is 1. The normalized spacial score (nSPS) is 11.2. The van der Waals surface area contributed by atoms with Gasteiger partial charge in [-0.05, 0) is 57.0 Å². The third-order valence-electron chi connectivity index (χ3n) is 2.47. The van der Waals surface area contributed by atoms with E-state index in [0.29, 0.717) is 17.9 Å². The van der Waals surface area contributed by atoms with Crippen molar-refractivity contribution in [2.45, 2.75) is 32.6 Å². The van der Waals surface area contributed by atoms with Gasteiger partial charge in [0.1, 0.15) is 12.4 Å². The van der Waals surface area contributed by atoms with Crippen LogP contribution in [-0.2, 0) is 9.05 Å². The van der Waals surface area contributed by atoms with Gasteiger partial charge in [0.05, 0.1) is 4.90 Å². The van der Waals surface area contributed by atoms with Crippen molar-refractivity contribution in [1.29, 1.82) is 0 Å². The summed E-state index contributed by atoms with van der Waals surface area (Å²) in [5, 5.41) is 0. The molecular formula is C13H17ClO3S. The van der Waals surface area contributed by atoms with Crippen LogP contribution in [-0.4, -0.2) is 15.0 Å². The molecule has 5 heteroatoms. The third-order valence-corrected chi connectivity index (χ3v) is 3.93. The van der Waals surface area contributed by atoms with E-state index >= 15 is 0 Å². The Hall–Kier alpha value is -1.00. The van der Waals surface area contributed by atoms with Crippen LogP contribution in [0.25, 0.3) is 0 Å². The predicted molar refractivity (Wildman–Crippen MR) is 73.9 cm³/mol. The quantitative estimate of drug-likeness (QED) is 0.628. The first-order chi connectivity index (χ1) is 8.21. The summed E-state index contributed by atoms with van der Waals surface area (Å²) in [6, 6.07) is 3.24. The molecule has 0 fully saturated rings. The summed E-state index contributed by atoms with van der Waals surface area (Å²) >= 11 is 0. The Balaban J connectivity index is 3.05. The molecule has 0 unspecified atom stereocenters. The highest BCUT2D eigenvalue weighted by molar-refractivity contribution is 8.13. The van der Waals surface area contributed by atoms with Gasteiger partial charge in [0.2, 0.25) is 0 Å². The Morgan fingerprint density at radius 3 is 2.39 bits per heavy atom. The fourth-order valence-corrected chi connectivity index (χ4v) is 2.74. The van der Waals surface area contributed by atoms with Crippen molar-refractivity contribution < 1.29 is 13.2 Å². The number of aryl methyl sites for hydroxylation is 2. The van der Waals surface area contributed by atoms with Gasteiger partial charge in [0.25, 0.3) is 9.05 Å². The van der Waals surface area contributed by atoms with E-state index in [0.717, 1.165) is 5.56 Å². The first kappa shape index (κ1) is 15.1. The van der Waals surface area contributed by atoms with Gasteiger partial charge in [0.15, 0.2) is 0 Å². The number of hydrogen-bond acceptors (Lipinski definition) is 3. The Bertz CT molecular complexity index is 570. The van der Waals surface area contributed by atoms with Gasteiger partial charge in [-0.3, -0.25) is 0 Å². The molecule has 0 aliphatic heterocycles. The molecule has 0 aromatic heterocycles. The molecule has 0 saturated heterocycles. The maximum atomic E-state index is 11.3. The van der Waals surface area contributed by atoms with Crippen molar-refractivity contribution in [3.8, 4) is 5.75 Å². The van der Waals surface area contributed by atoms with E-state index in [4.69, 9.17) is 15.4 Å². The van der Waals surface area contributed by atoms with Crippen molar-refractivity contribution in [3.05, 3.63) is 34.9 Å². The second-order valence-corrected chi connectivity index (χ2v) is 6.95. The molecule has 0 radical (unpaired) electrons. The fraction of sp³-hybridized carbons (Fsp3) is 0.385. The second kappa shape index (κ2) is 5.76. The summed E-state index contributed by atoms with van der Waals surface area (Å²) in [4.78, 5) is 0.135. The first-order valence-electron chi connectivity index (χ1n) is 5.54. The largest absolute Gasteiger partial charge is 0.489 e. The lowest BCUT2D eigenvalue weighted by Crippen LogP contribution is -2.00. The van der Waals surface area contributed by atoms with Crippen LogP contribution >= 0.6 is 10.7 Å². The molecule has 0 saturated carbocycles. The number of rotatable bonds is 4. The summed E-state index contributed by atoms with van der Waals surface area (Å²) in [6.07, 6.45) is 1.96. The zero-order valence-corrected chi connectivity index (χ0v) is 12.5. The molecule has 0 spiro atoms. The van der Waals surface area contributed by atoms with Gasteiger partial charge in [-0.2, -0.15) is 0 Å². The van der Waals surface area contributed by atoms with E-state index in [1.54, 1.807) is 19.9 Å². The highest BCUT2D eigenvalue weighted by Gasteiger charge is 2.15. The summed E-state index contributed by atoms with van der Waals surface area (Å²) in [6.45, 7) is 7.94. The van der Waals surface area contributed by atoms with Crippen LogP contribution in [0.5, 0.6) is 5.75 Å². The number of benzene rings is 1. The van der Waals surface area contributed by atoms with Crippen molar-refractivity contribution in [3.63, 3.8) is 0 Å². The van der Waals surface area contributed by atoms with Gasteiger partial charge in [-0.15, -0.1) is 0 Å². The minimum Gasteiger partial charge on any atom is -0.489 e. The number of allylic oxidation sites excluding steroid dienone is 1. The topological polar surface area (TPSA) is 43.4 Å². The molecule has 18 heavy (non-hydrogen) atoms. The summed E-state index contributed by atoms with van der Waals surface area (Å²) in [7, 11) is 1.65. The molecular weight excluding hydrogens is 272 g/mol. The van der Waals surface area contributed by atoms with Crippen LogP contribution in [0, 0.1) is 13.8 Å². The van der Waals surface area contributed by atoms with Gasteiger partial charge in [-0.25, -0.2) is 8.42 Å². The van der Waals surface area contributed by atoms with Crippen molar-refractivity contribution >= 4 is 19.7 Å². The molecule has 100 valence electrons. The molecule has 3 nitrogen and oxygen atoms in total. The second-order valence-electron chi connectivity index (χ2n) is 4.41. The molecule has 0 aliphatic carbocycles. The maximum Gasteiger partial charge on any atom is 0.261 e. The van der Waals surface area contributed by atoms with Gasteiger partial charge < -0.3 is 4.74 Å². The van der Waals surface area contributed by atoms with E-state index in [1.165, 1.54) is 11.6 Å². The van der Waals surface area contributed by atoms with E-state index in [-0.39, 0.29) is 4.90 Å². The smallest absolute Gasteiger partial charge is 0.261 e. The van der Waals surface area contributed by atoms with Crippen LogP contribution in [0.3, 0.4) is 0 Å². The minimum atomic E-state index is -3.70. The number of halogens is 1. The average molecular weight is 289 g/mol. The standard InChI is InChI=1S/C13H17ClO3S/c1-9(2)5-6-17-12-7-11(4)13(8-10(12)3)18(14,15)16/h5,7-8H,6H2,1-4H3. The highest BCUT2D eigenvalue weighted by Crippen LogP contribution is 2.27. The highest BCUT2D eigenvalue weighted by atomic mass is 35.7. The van der Waals surface area contributed by atoms with E-state index < -0.39 is 9.05 Å². The lowest BCUT2D eigenvalue weighted by molar-refractivity contribution is 0.359. The van der Waals surface area contributed by atoms with Crippen LogP contribution in [0.2, 0.25) is 0 Å². The Kier molecular flexibility index (Phi) is 4.82. The maximum absolute atomic E-state index is 11.3. The third kappa shape index (κ3) is 4.03. The molecule has 0 heterocycles. The predicted octanol–water partition coefficient (Wildman–Crippen LogP) is 3.58. The zero-order valence-electron chi connectivity index (χ0n) is 11.0. The summed E-state index contributed by atoms with van der Waals surface area (Å²) in [5.74, 6) is 0.675. The van der Waals surface area contributed by atoms with Crippen molar-refractivity contribution in [1.82, 2.24) is 0 Å². The van der Waals surface area contributed by atoms with Gasteiger partial charge >= 0.3 is 0 Å². The Morgan fingerprint density at radius 2 is 1.89 bits per heavy atom. The van der Waals surface area contributed by atoms with Gasteiger partial charge in [0, 0.05) is 10.7 Å². The first-order valence-corrected chi connectivity index (χ1v) is 7.85. The Morgan fingerprint density at radius 1 is 1.28 bits per heavy atom. The molecule has 0 bridgehead atoms. The lowest BCUT2D eigenvalue weighted by atomic mass is 10.1. The Labute approximate surface area is 113 Å². The van der Waals surface area contributed by atoms with E-state index in [1.807, 2.05) is 19.9 Å². The molecule has 1 rings (SSSR count). The molecule has 0 atom stereocenters. The zero-order chi connectivity index (χ0) is 13.9. The summed E-state index contributed by atoms with van der Waals surface area (Å²) < 4.78 is 28.3. The number of hydrogen-bond donors (Lipinski definition) is 0. The minimum absolute atomic E-state index is 0.135. The lowest BCUT2D eigenvalue weighted by Gasteiger charge is -2.11. The van der Waals surface area contributed by atoms with E-state index in [9.17, 15) is 8.42 Å². The van der Waals surface area contributed by atoms with Crippen LogP contribution in [0.15, 0.2) is 28.7 Å². The summed E-state index contributed by atoms with van der Waals surface area (Å²) in [5.41, 5.74) is 2.51. The molecule has 0 N–H and O–H groups in total. The average Bonchev–Trinajstić information content (AvgIpc) is 2.20. The SMILES string of the molecule is CC(C)=CCOc1cc(C)c(S(=O)(=O)Cl)cc1C. The monoisotopic (exact) mass is 288 g/mol. The fourth-order valence-electron chi connectivity index (χ4n) is 1.48.